The number of aryl methyl sites for hydroxylation is 1. The van der Waals surface area contributed by atoms with Crippen molar-refractivity contribution in [3.05, 3.63) is 65.2 Å². The molecule has 1 N–H and O–H groups in total. The van der Waals surface area contributed by atoms with E-state index in [1.54, 1.807) is 0 Å². The zero-order chi connectivity index (χ0) is 19.8. The Morgan fingerprint density at radius 1 is 1.14 bits per heavy atom. The van der Waals surface area contributed by atoms with Gasteiger partial charge in [0.25, 0.3) is 0 Å². The van der Waals surface area contributed by atoms with Crippen LogP contribution in [0.15, 0.2) is 48.5 Å². The molecule has 0 saturated heterocycles. The number of amides is 2. The van der Waals surface area contributed by atoms with Gasteiger partial charge in [-0.05, 0) is 61.4 Å². The largest absolute Gasteiger partial charge is 0.494 e. The maximum atomic E-state index is 13.1. The van der Waals surface area contributed by atoms with Crippen molar-refractivity contribution in [3.63, 3.8) is 0 Å². The first-order chi connectivity index (χ1) is 13.7. The molecule has 1 atom stereocenters. The van der Waals surface area contributed by atoms with E-state index in [0.717, 1.165) is 50.0 Å². The zero-order valence-electron chi connectivity index (χ0n) is 17.1. The lowest BCUT2D eigenvalue weighted by Gasteiger charge is -2.36. The van der Waals surface area contributed by atoms with Gasteiger partial charge in [0.2, 0.25) is 0 Å². The second-order valence-electron chi connectivity index (χ2n) is 7.40. The van der Waals surface area contributed by atoms with Gasteiger partial charge in [-0.25, -0.2) is 4.79 Å². The summed E-state index contributed by atoms with van der Waals surface area (Å²) >= 11 is 0. The van der Waals surface area contributed by atoms with Gasteiger partial charge in [0.05, 0.1) is 12.6 Å². The van der Waals surface area contributed by atoms with E-state index in [1.165, 1.54) is 11.1 Å². The number of rotatable bonds is 8. The Kier molecular flexibility index (Phi) is 7.35. The number of carbonyl (C=O) groups is 1. The average molecular weight is 381 g/mol. The number of ether oxygens (including phenoxy) is 1. The van der Waals surface area contributed by atoms with E-state index >= 15 is 0 Å². The molecule has 28 heavy (non-hydrogen) atoms. The van der Waals surface area contributed by atoms with Crippen molar-refractivity contribution < 1.29 is 9.53 Å². The van der Waals surface area contributed by atoms with Gasteiger partial charge in [-0.1, -0.05) is 49.7 Å². The van der Waals surface area contributed by atoms with Gasteiger partial charge < -0.3 is 15.0 Å². The highest BCUT2D eigenvalue weighted by molar-refractivity contribution is 5.75. The molecule has 0 fully saturated rings. The summed E-state index contributed by atoms with van der Waals surface area (Å²) in [6, 6.07) is 16.8. The van der Waals surface area contributed by atoms with E-state index in [-0.39, 0.29) is 12.1 Å². The van der Waals surface area contributed by atoms with Crippen LogP contribution in [-0.2, 0) is 13.0 Å². The predicted octanol–water partition coefficient (Wildman–Crippen LogP) is 5.47. The Bertz CT molecular complexity index is 757. The fraction of sp³-hybridized carbons (Fsp3) is 0.458. The van der Waals surface area contributed by atoms with Gasteiger partial charge in [-0.2, -0.15) is 0 Å². The third-order valence-electron chi connectivity index (χ3n) is 5.37. The molecule has 150 valence electrons. The Morgan fingerprint density at radius 2 is 1.93 bits per heavy atom. The van der Waals surface area contributed by atoms with Gasteiger partial charge in [-0.15, -0.1) is 0 Å². The van der Waals surface area contributed by atoms with Crippen molar-refractivity contribution in [1.82, 2.24) is 10.2 Å². The molecule has 0 aromatic heterocycles. The van der Waals surface area contributed by atoms with Crippen LogP contribution in [0, 0.1) is 0 Å². The normalized spacial score (nSPS) is 15.6. The highest BCUT2D eigenvalue weighted by atomic mass is 16.5. The summed E-state index contributed by atoms with van der Waals surface area (Å²) in [6.07, 6.45) is 5.30. The number of nitrogens with one attached hydrogen (secondary N) is 1. The second-order valence-corrected chi connectivity index (χ2v) is 7.40. The molecule has 3 rings (SSSR count). The molecule has 2 aromatic carbocycles. The number of hydrogen-bond acceptors (Lipinski definition) is 2. The fourth-order valence-electron chi connectivity index (χ4n) is 3.90. The van der Waals surface area contributed by atoms with Crippen LogP contribution in [-0.4, -0.2) is 24.1 Å². The maximum Gasteiger partial charge on any atom is 0.318 e. The van der Waals surface area contributed by atoms with Gasteiger partial charge in [0.1, 0.15) is 5.75 Å². The molecule has 1 aliphatic rings. The van der Waals surface area contributed by atoms with Crippen LogP contribution in [0.5, 0.6) is 5.75 Å². The molecule has 1 unspecified atom stereocenters. The average Bonchev–Trinajstić information content (AvgIpc) is 2.73. The summed E-state index contributed by atoms with van der Waals surface area (Å²) in [5.41, 5.74) is 3.79. The summed E-state index contributed by atoms with van der Waals surface area (Å²) in [7, 11) is 0. The Balaban J connectivity index is 1.82. The molecule has 2 aromatic rings. The fourth-order valence-corrected chi connectivity index (χ4v) is 3.90. The van der Waals surface area contributed by atoms with Crippen LogP contribution in [0.2, 0.25) is 0 Å². The Morgan fingerprint density at radius 3 is 2.68 bits per heavy atom. The summed E-state index contributed by atoms with van der Waals surface area (Å²) < 4.78 is 5.55. The number of benzene rings is 2. The van der Waals surface area contributed by atoms with E-state index in [2.05, 4.69) is 48.6 Å². The van der Waals surface area contributed by atoms with Crippen LogP contribution >= 0.6 is 0 Å². The van der Waals surface area contributed by atoms with Crippen molar-refractivity contribution in [2.45, 2.75) is 58.5 Å². The minimum absolute atomic E-state index is 0.0315. The molecular weight excluding hydrogens is 348 g/mol. The number of carbonyl (C=O) groups excluding carboxylic acids is 1. The van der Waals surface area contributed by atoms with E-state index in [0.29, 0.717) is 13.2 Å². The summed E-state index contributed by atoms with van der Waals surface area (Å²) in [5.74, 6) is 0.869. The molecule has 4 heteroatoms. The lowest BCUT2D eigenvalue weighted by atomic mass is 9.86. The molecule has 0 bridgehead atoms. The minimum atomic E-state index is 0.0315. The molecule has 4 nitrogen and oxygen atoms in total. The number of fused-ring (bicyclic) bond motifs is 1. The Labute approximate surface area is 168 Å². The molecule has 0 aliphatic heterocycles. The Hall–Kier alpha value is -2.49. The van der Waals surface area contributed by atoms with Gasteiger partial charge >= 0.3 is 6.03 Å². The highest BCUT2D eigenvalue weighted by Crippen LogP contribution is 2.35. The quantitative estimate of drug-likeness (QED) is 0.617. The maximum absolute atomic E-state index is 13.1. The smallest absolute Gasteiger partial charge is 0.318 e. The SMILES string of the molecule is CCCCNC(=O)N(Cc1ccc(OCC)cc1)C1CCCc2ccccc21. The van der Waals surface area contributed by atoms with Gasteiger partial charge in [0.15, 0.2) is 0 Å². The van der Waals surface area contributed by atoms with Gasteiger partial charge in [0, 0.05) is 13.1 Å². The van der Waals surface area contributed by atoms with Crippen LogP contribution in [0.4, 0.5) is 4.79 Å². The lowest BCUT2D eigenvalue weighted by Crippen LogP contribution is -2.43. The van der Waals surface area contributed by atoms with Crippen LogP contribution in [0.3, 0.4) is 0 Å². The zero-order valence-corrected chi connectivity index (χ0v) is 17.1. The van der Waals surface area contributed by atoms with Crippen molar-refractivity contribution >= 4 is 6.03 Å². The highest BCUT2D eigenvalue weighted by Gasteiger charge is 2.29. The third kappa shape index (κ3) is 5.06. The minimum Gasteiger partial charge on any atom is -0.494 e. The van der Waals surface area contributed by atoms with Crippen LogP contribution in [0.25, 0.3) is 0 Å². The number of nitrogens with zero attached hydrogens (tertiary/aromatic N) is 1. The molecule has 2 amide bonds. The van der Waals surface area contributed by atoms with E-state index in [9.17, 15) is 4.79 Å². The van der Waals surface area contributed by atoms with Crippen molar-refractivity contribution in [2.75, 3.05) is 13.2 Å². The van der Waals surface area contributed by atoms with Crippen molar-refractivity contribution in [1.29, 1.82) is 0 Å². The van der Waals surface area contributed by atoms with Crippen LogP contribution < -0.4 is 10.1 Å². The first kappa shape index (κ1) is 20.2. The van der Waals surface area contributed by atoms with Crippen LogP contribution in [0.1, 0.15) is 62.3 Å². The first-order valence-corrected chi connectivity index (χ1v) is 10.6. The second kappa shape index (κ2) is 10.2. The van der Waals surface area contributed by atoms with E-state index in [1.807, 2.05) is 24.0 Å². The van der Waals surface area contributed by atoms with E-state index in [4.69, 9.17) is 4.74 Å². The first-order valence-electron chi connectivity index (χ1n) is 10.6. The number of unbranched alkanes of at least 4 members (excludes halogenated alkanes) is 1. The van der Waals surface area contributed by atoms with Crippen molar-refractivity contribution in [2.24, 2.45) is 0 Å². The molecule has 0 radical (unpaired) electrons. The third-order valence-corrected chi connectivity index (χ3v) is 5.37. The molecule has 0 heterocycles. The summed E-state index contributed by atoms with van der Waals surface area (Å²) in [5, 5.41) is 3.13. The van der Waals surface area contributed by atoms with E-state index < -0.39 is 0 Å². The molecule has 0 spiro atoms. The monoisotopic (exact) mass is 380 g/mol. The van der Waals surface area contributed by atoms with Crippen molar-refractivity contribution in [3.8, 4) is 5.75 Å². The predicted molar refractivity (Wildman–Crippen MR) is 114 cm³/mol. The summed E-state index contributed by atoms with van der Waals surface area (Å²) in [4.78, 5) is 15.1. The summed E-state index contributed by atoms with van der Waals surface area (Å²) in [6.45, 7) is 6.11. The number of urea groups is 1. The topological polar surface area (TPSA) is 41.6 Å². The lowest BCUT2D eigenvalue weighted by molar-refractivity contribution is 0.162. The molecular formula is C24H32N2O2. The molecule has 0 saturated carbocycles. The molecule has 1 aliphatic carbocycles. The standard InChI is InChI=1S/C24H32N2O2/c1-3-5-17-25-24(27)26(18-19-13-15-21(16-14-19)28-4-2)23-12-8-10-20-9-6-7-11-22(20)23/h6-7,9,11,13-16,23H,3-5,8,10,12,17-18H2,1-2H3,(H,25,27). The van der Waals surface area contributed by atoms with Gasteiger partial charge in [-0.3, -0.25) is 0 Å². The number of hydrogen-bond donors (Lipinski definition) is 1.